The maximum absolute atomic E-state index is 2.67. The fraction of sp³-hybridized carbons (Fsp3) is 0.818. The largest absolute Gasteiger partial charge is 0.287 e. The van der Waals surface area contributed by atoms with E-state index in [2.05, 4.69) is 61.0 Å². The molecule has 0 aromatic rings. The molecule has 0 aliphatic carbocycles. The topological polar surface area (TPSA) is 3.24 Å². The van der Waals surface area contributed by atoms with Crippen LogP contribution in [-0.4, -0.2) is 18.3 Å². The first kappa shape index (κ1) is 13.1. The zero-order valence-corrected chi connectivity index (χ0v) is 10.8. The summed E-state index contributed by atoms with van der Waals surface area (Å²) in [5.74, 6) is 0.772. The maximum atomic E-state index is 2.67. The van der Waals surface area contributed by atoms with E-state index >= 15 is 0 Å². The molecule has 0 amide bonds. The molecule has 0 aliphatic heterocycles. The molecule has 0 aromatic carbocycles. The first-order valence-electron chi connectivity index (χ1n) is 4.97. The van der Waals surface area contributed by atoms with Crippen LogP contribution in [0.5, 0.6) is 0 Å². The molecule has 78 valence electrons. The Bertz CT molecular complexity index is 159. The zero-order valence-electron chi connectivity index (χ0n) is 9.67. The van der Waals surface area contributed by atoms with Crippen molar-refractivity contribution in [3.05, 3.63) is 12.2 Å². The molecule has 13 heavy (non-hydrogen) atoms. The summed E-state index contributed by atoms with van der Waals surface area (Å²) < 4.78 is 2.10. The van der Waals surface area contributed by atoms with Crippen LogP contribution in [0.2, 0.25) is 0 Å². The first-order valence-corrected chi connectivity index (χ1v) is 5.48. The van der Waals surface area contributed by atoms with Crippen LogP contribution in [0.3, 0.4) is 0 Å². The van der Waals surface area contributed by atoms with E-state index in [0.29, 0.717) is 5.41 Å². The van der Waals surface area contributed by atoms with Gasteiger partial charge in [-0.2, -0.15) is 0 Å². The number of hydrogen-bond donors (Lipinski definition) is 0. The molecule has 1 nitrogen and oxygen atoms in total. The molecule has 0 heterocycles. The molecule has 1 atom stereocenters. The summed E-state index contributed by atoms with van der Waals surface area (Å²) in [6.45, 7) is 10.2. The van der Waals surface area contributed by atoms with Gasteiger partial charge in [-0.05, 0) is 24.8 Å². The summed E-state index contributed by atoms with van der Waals surface area (Å²) in [5.41, 5.74) is 0.342. The Morgan fingerprint density at radius 1 is 1.38 bits per heavy atom. The highest BCUT2D eigenvalue weighted by atomic mass is 31.0. The Hall–Kier alpha value is 0.130. The van der Waals surface area contributed by atoms with Gasteiger partial charge in [0.25, 0.3) is 0 Å². The van der Waals surface area contributed by atoms with Crippen LogP contribution < -0.4 is 0 Å². The monoisotopic (exact) mass is 201 g/mol. The third-order valence-electron chi connectivity index (χ3n) is 1.90. The van der Waals surface area contributed by atoms with E-state index in [1.165, 1.54) is 6.42 Å². The van der Waals surface area contributed by atoms with Crippen LogP contribution in [0, 0.1) is 11.3 Å². The molecular weight excluding hydrogens is 177 g/mol. The summed E-state index contributed by atoms with van der Waals surface area (Å²) in [4.78, 5) is 0. The van der Waals surface area contributed by atoms with E-state index in [1.54, 1.807) is 0 Å². The van der Waals surface area contributed by atoms with Gasteiger partial charge in [0.1, 0.15) is 0 Å². The highest BCUT2D eigenvalue weighted by Crippen LogP contribution is 2.26. The average Bonchev–Trinajstić information content (AvgIpc) is 1.81. The quantitative estimate of drug-likeness (QED) is 0.487. The Labute approximate surface area is 85.8 Å². The van der Waals surface area contributed by atoms with Gasteiger partial charge in [0.2, 0.25) is 0 Å². The molecule has 0 bridgehead atoms. The van der Waals surface area contributed by atoms with Crippen molar-refractivity contribution < 1.29 is 0 Å². The highest BCUT2D eigenvalue weighted by molar-refractivity contribution is 7.13. The SMILES string of the molecule is CC(C)CC(C)(C)/C=C\CN(C)P. The van der Waals surface area contributed by atoms with E-state index in [0.717, 1.165) is 12.5 Å². The Balaban J connectivity index is 3.93. The van der Waals surface area contributed by atoms with Gasteiger partial charge in [0.15, 0.2) is 0 Å². The lowest BCUT2D eigenvalue weighted by atomic mass is 9.84. The molecule has 2 heteroatoms. The van der Waals surface area contributed by atoms with Gasteiger partial charge in [-0.25, -0.2) is 0 Å². The van der Waals surface area contributed by atoms with Gasteiger partial charge in [-0.1, -0.05) is 49.2 Å². The second-order valence-electron chi connectivity index (χ2n) is 4.93. The maximum Gasteiger partial charge on any atom is 0.0194 e. The number of nitrogens with zero attached hydrogens (tertiary/aromatic N) is 1. The second-order valence-corrected chi connectivity index (χ2v) is 5.81. The van der Waals surface area contributed by atoms with Crippen molar-refractivity contribution in [3.63, 3.8) is 0 Å². The van der Waals surface area contributed by atoms with E-state index in [4.69, 9.17) is 0 Å². The zero-order chi connectivity index (χ0) is 10.5. The van der Waals surface area contributed by atoms with Crippen molar-refractivity contribution >= 4 is 9.39 Å². The van der Waals surface area contributed by atoms with Gasteiger partial charge in [0, 0.05) is 6.54 Å². The molecule has 0 radical (unpaired) electrons. The molecule has 0 spiro atoms. The van der Waals surface area contributed by atoms with Crippen LogP contribution in [0.15, 0.2) is 12.2 Å². The summed E-state index contributed by atoms with van der Waals surface area (Å²) in [6, 6.07) is 0. The van der Waals surface area contributed by atoms with Crippen molar-refractivity contribution in [2.45, 2.75) is 34.1 Å². The van der Waals surface area contributed by atoms with Gasteiger partial charge in [-0.15, -0.1) is 0 Å². The van der Waals surface area contributed by atoms with Crippen LogP contribution >= 0.6 is 9.39 Å². The fourth-order valence-corrected chi connectivity index (χ4v) is 1.78. The lowest BCUT2D eigenvalue weighted by Gasteiger charge is -2.22. The number of likely N-dealkylation sites (N-methyl/N-ethyl adjacent to an activating group) is 1. The van der Waals surface area contributed by atoms with Crippen molar-refractivity contribution in [2.75, 3.05) is 13.6 Å². The van der Waals surface area contributed by atoms with Gasteiger partial charge >= 0.3 is 0 Å². The molecule has 1 unspecified atom stereocenters. The van der Waals surface area contributed by atoms with Crippen molar-refractivity contribution in [1.82, 2.24) is 4.67 Å². The highest BCUT2D eigenvalue weighted by Gasteiger charge is 2.14. The van der Waals surface area contributed by atoms with Crippen LogP contribution in [0.25, 0.3) is 0 Å². The third-order valence-corrected chi connectivity index (χ3v) is 2.11. The fourth-order valence-electron chi connectivity index (χ4n) is 1.66. The number of rotatable bonds is 5. The normalized spacial score (nSPS) is 13.5. The second kappa shape index (κ2) is 5.78. The first-order chi connectivity index (χ1) is 5.83. The predicted molar refractivity (Wildman–Crippen MR) is 64.7 cm³/mol. The van der Waals surface area contributed by atoms with E-state index in [-0.39, 0.29) is 0 Å². The standard InChI is InChI=1S/C11H24NP/c1-10(2)9-11(3,4)7-6-8-12(5)13/h6-7,10H,8-9,13H2,1-5H3/b7-6-. The third kappa shape index (κ3) is 8.46. The summed E-state index contributed by atoms with van der Waals surface area (Å²) in [7, 11) is 4.72. The number of hydrogen-bond acceptors (Lipinski definition) is 1. The molecule has 0 rings (SSSR count). The minimum Gasteiger partial charge on any atom is -0.287 e. The van der Waals surface area contributed by atoms with Gasteiger partial charge < -0.3 is 0 Å². The Kier molecular flexibility index (Phi) is 5.83. The molecule has 0 fully saturated rings. The smallest absolute Gasteiger partial charge is 0.0194 e. The molecule has 0 N–H and O–H groups in total. The van der Waals surface area contributed by atoms with Crippen molar-refractivity contribution in [2.24, 2.45) is 11.3 Å². The molecular formula is C11H24NP. The van der Waals surface area contributed by atoms with E-state index < -0.39 is 0 Å². The van der Waals surface area contributed by atoms with Crippen molar-refractivity contribution in [3.8, 4) is 0 Å². The summed E-state index contributed by atoms with van der Waals surface area (Å²) >= 11 is 0. The average molecular weight is 201 g/mol. The van der Waals surface area contributed by atoms with E-state index in [9.17, 15) is 0 Å². The van der Waals surface area contributed by atoms with Gasteiger partial charge in [0.05, 0.1) is 0 Å². The molecule has 0 saturated heterocycles. The van der Waals surface area contributed by atoms with Crippen LogP contribution in [-0.2, 0) is 0 Å². The lowest BCUT2D eigenvalue weighted by molar-refractivity contribution is 0.365. The minimum absolute atomic E-state index is 0.342. The van der Waals surface area contributed by atoms with Crippen LogP contribution in [0.1, 0.15) is 34.1 Å². The Morgan fingerprint density at radius 3 is 2.31 bits per heavy atom. The summed E-state index contributed by atoms with van der Waals surface area (Å²) in [5, 5.41) is 0. The van der Waals surface area contributed by atoms with Crippen LogP contribution in [0.4, 0.5) is 0 Å². The lowest BCUT2D eigenvalue weighted by Crippen LogP contribution is -2.12. The predicted octanol–water partition coefficient (Wildman–Crippen LogP) is 3.34. The minimum atomic E-state index is 0.342. The van der Waals surface area contributed by atoms with E-state index in [1.807, 2.05) is 0 Å². The molecule has 0 aliphatic rings. The Morgan fingerprint density at radius 2 is 1.92 bits per heavy atom. The summed E-state index contributed by atoms with van der Waals surface area (Å²) in [6.07, 6.45) is 5.83. The molecule has 0 aromatic heterocycles. The molecule has 0 saturated carbocycles. The van der Waals surface area contributed by atoms with Crippen molar-refractivity contribution in [1.29, 1.82) is 0 Å². The van der Waals surface area contributed by atoms with Gasteiger partial charge in [-0.3, -0.25) is 4.67 Å². The number of allylic oxidation sites excluding steroid dienone is 1.